The van der Waals surface area contributed by atoms with Gasteiger partial charge in [-0.05, 0) is 95.4 Å². The first kappa shape index (κ1) is 35.1. The molecule has 0 aliphatic rings. The molecule has 0 saturated carbocycles. The predicted molar refractivity (Wildman–Crippen MR) is 211 cm³/mol. The van der Waals surface area contributed by atoms with Gasteiger partial charge in [-0.3, -0.25) is 0 Å². The minimum Gasteiger partial charge on any atom is -0.462 e. The van der Waals surface area contributed by atoms with Gasteiger partial charge in [-0.2, -0.15) is 0 Å². The Balaban J connectivity index is 0.000000174. The molecule has 3 aromatic heterocycles. The van der Waals surface area contributed by atoms with Crippen LogP contribution < -0.4 is 0 Å². The highest BCUT2D eigenvalue weighted by molar-refractivity contribution is 9.08. The van der Waals surface area contributed by atoms with Crippen LogP contribution in [0.4, 0.5) is 0 Å². The minimum atomic E-state index is -0.284. The quantitative estimate of drug-likeness (QED) is 0.108. The summed E-state index contributed by atoms with van der Waals surface area (Å²) in [6.07, 6.45) is 0.888. The van der Waals surface area contributed by atoms with Crippen molar-refractivity contribution in [2.45, 2.75) is 25.6 Å². The fourth-order valence-electron chi connectivity index (χ4n) is 5.52. The Morgan fingerprint density at radius 2 is 1.12 bits per heavy atom. The summed E-state index contributed by atoms with van der Waals surface area (Å²) < 4.78 is 13.5. The second-order valence-corrected chi connectivity index (χ2v) is 15.6. The second-order valence-electron chi connectivity index (χ2n) is 11.0. The number of ether oxygens (including phenoxy) is 2. The van der Waals surface area contributed by atoms with E-state index in [1.54, 1.807) is 46.1 Å². The Bertz CT molecular complexity index is 2250. The molecular formula is C40H32BrClO4S3. The summed E-state index contributed by atoms with van der Waals surface area (Å²) in [5.74, 6) is -0.559. The molecule has 0 fully saturated rings. The van der Waals surface area contributed by atoms with Gasteiger partial charge in [0.25, 0.3) is 0 Å². The molecule has 4 aromatic carbocycles. The lowest BCUT2D eigenvalue weighted by atomic mass is 10.0. The van der Waals surface area contributed by atoms with Gasteiger partial charge in [0.1, 0.15) is 0 Å². The van der Waals surface area contributed by atoms with Crippen LogP contribution in [-0.2, 0) is 21.2 Å². The third kappa shape index (κ3) is 8.34. The smallest absolute Gasteiger partial charge is 0.338 e. The maximum Gasteiger partial charge on any atom is 0.338 e. The molecule has 0 saturated heterocycles. The Kier molecular flexibility index (Phi) is 11.6. The topological polar surface area (TPSA) is 52.6 Å². The summed E-state index contributed by atoms with van der Waals surface area (Å²) in [5.41, 5.74) is 5.53. The second kappa shape index (κ2) is 16.3. The highest BCUT2D eigenvalue weighted by atomic mass is 79.9. The predicted octanol–water partition coefficient (Wildman–Crippen LogP) is 12.7. The molecule has 0 spiro atoms. The van der Waals surface area contributed by atoms with E-state index in [1.807, 2.05) is 56.3 Å². The third-order valence-electron chi connectivity index (χ3n) is 7.67. The monoisotopic (exact) mass is 786 g/mol. The van der Waals surface area contributed by atoms with Crippen LogP contribution in [0, 0.1) is 0 Å². The van der Waals surface area contributed by atoms with Crippen molar-refractivity contribution in [2.24, 2.45) is 0 Å². The molecule has 0 amide bonds. The number of rotatable bonds is 9. The van der Waals surface area contributed by atoms with Crippen molar-refractivity contribution in [3.05, 3.63) is 139 Å². The van der Waals surface area contributed by atoms with Crippen molar-refractivity contribution >= 4 is 93.7 Å². The molecule has 248 valence electrons. The summed E-state index contributed by atoms with van der Waals surface area (Å²) in [4.78, 5) is 27.8. The number of thiophene rings is 3. The molecule has 3 heterocycles. The van der Waals surface area contributed by atoms with Crippen LogP contribution in [0.15, 0.2) is 109 Å². The number of alkyl halides is 1. The number of hydrogen-bond donors (Lipinski definition) is 0. The average molecular weight is 788 g/mol. The van der Waals surface area contributed by atoms with Crippen LogP contribution in [0.25, 0.3) is 42.4 Å². The largest absolute Gasteiger partial charge is 0.462 e. The van der Waals surface area contributed by atoms with E-state index in [9.17, 15) is 9.59 Å². The summed E-state index contributed by atoms with van der Waals surface area (Å²) in [5, 5.41) is 3.31. The van der Waals surface area contributed by atoms with Crippen molar-refractivity contribution in [3.63, 3.8) is 0 Å². The molecule has 7 rings (SSSR count). The van der Waals surface area contributed by atoms with Gasteiger partial charge in [0, 0.05) is 35.8 Å². The zero-order valence-electron chi connectivity index (χ0n) is 26.8. The van der Waals surface area contributed by atoms with E-state index in [2.05, 4.69) is 70.5 Å². The Labute approximate surface area is 311 Å². The van der Waals surface area contributed by atoms with E-state index in [0.717, 1.165) is 38.3 Å². The summed E-state index contributed by atoms with van der Waals surface area (Å²) >= 11 is 14.8. The molecule has 9 heteroatoms. The number of fused-ring (bicyclic) bond motifs is 2. The zero-order valence-corrected chi connectivity index (χ0v) is 31.6. The van der Waals surface area contributed by atoms with E-state index in [0.29, 0.717) is 24.3 Å². The highest BCUT2D eigenvalue weighted by Crippen LogP contribution is 2.38. The number of benzene rings is 4. The summed E-state index contributed by atoms with van der Waals surface area (Å²) in [6, 6.07) is 36.3. The maximum absolute atomic E-state index is 12.1. The van der Waals surface area contributed by atoms with Crippen molar-refractivity contribution in [1.29, 1.82) is 0 Å². The van der Waals surface area contributed by atoms with Crippen molar-refractivity contribution in [1.82, 2.24) is 0 Å². The molecule has 0 aliphatic heterocycles. The van der Waals surface area contributed by atoms with E-state index < -0.39 is 0 Å². The first-order valence-electron chi connectivity index (χ1n) is 15.7. The molecule has 0 unspecified atom stereocenters. The number of hydrogen-bond acceptors (Lipinski definition) is 7. The van der Waals surface area contributed by atoms with Crippen LogP contribution in [-0.4, -0.2) is 25.2 Å². The van der Waals surface area contributed by atoms with Crippen LogP contribution in [0.2, 0.25) is 4.34 Å². The van der Waals surface area contributed by atoms with Crippen molar-refractivity contribution in [2.75, 3.05) is 13.2 Å². The van der Waals surface area contributed by atoms with Crippen LogP contribution in [0.1, 0.15) is 49.2 Å². The fourth-order valence-corrected chi connectivity index (χ4v) is 9.48. The van der Waals surface area contributed by atoms with E-state index in [1.165, 1.54) is 34.8 Å². The first-order valence-corrected chi connectivity index (χ1v) is 19.7. The van der Waals surface area contributed by atoms with E-state index >= 15 is 0 Å². The summed E-state index contributed by atoms with van der Waals surface area (Å²) in [7, 11) is 0. The van der Waals surface area contributed by atoms with Crippen LogP contribution in [0.3, 0.4) is 0 Å². The molecule has 0 bridgehead atoms. The fraction of sp³-hybridized carbons (Fsp3) is 0.150. The minimum absolute atomic E-state index is 0.274. The molecular weight excluding hydrogens is 756 g/mol. The molecule has 49 heavy (non-hydrogen) atoms. The van der Waals surface area contributed by atoms with E-state index in [-0.39, 0.29) is 11.9 Å². The zero-order chi connectivity index (χ0) is 34.3. The number of carbonyl (C=O) groups excluding carboxylic acids is 2. The molecule has 0 radical (unpaired) electrons. The Hall–Kier alpha value is -3.79. The lowest BCUT2D eigenvalue weighted by molar-refractivity contribution is 0.0517. The Morgan fingerprint density at radius 1 is 0.612 bits per heavy atom. The standard InChI is InChI=1S/C22H17ClO2S2.C18H15BrO2S/c1-2-25-22(24)16-7-3-5-14(11-16)19-8-4-6-15-12-18(27-21(15)19)13-17-9-10-20(23)26-17;1-2-21-18(20)14-7-3-5-12(9-14)16-8-4-6-13-10-15(11-19)22-17(13)16/h3-12H,2,13H2,1H3;3-10H,2,11H2,1H3. The van der Waals surface area contributed by atoms with Gasteiger partial charge in [0.2, 0.25) is 0 Å². The van der Waals surface area contributed by atoms with Crippen LogP contribution >= 0.6 is 61.5 Å². The lowest BCUT2D eigenvalue weighted by Crippen LogP contribution is -2.04. The third-order valence-corrected chi connectivity index (χ3v) is 12.2. The Morgan fingerprint density at radius 3 is 1.61 bits per heavy atom. The SMILES string of the molecule is CCOC(=O)c1cccc(-c2cccc3cc(CBr)sc23)c1.CCOC(=O)c1cccc(-c2cccc3cc(Cc4ccc(Cl)s4)sc23)c1. The van der Waals surface area contributed by atoms with E-state index in [4.69, 9.17) is 21.1 Å². The molecule has 0 aliphatic carbocycles. The van der Waals surface area contributed by atoms with Gasteiger partial charge in [-0.15, -0.1) is 34.0 Å². The number of esters is 2. The molecule has 0 atom stereocenters. The number of carbonyl (C=O) groups is 2. The van der Waals surface area contributed by atoms with Gasteiger partial charge < -0.3 is 9.47 Å². The maximum atomic E-state index is 12.1. The summed E-state index contributed by atoms with van der Waals surface area (Å²) in [6.45, 7) is 4.39. The number of halogens is 2. The van der Waals surface area contributed by atoms with Crippen LogP contribution in [0.5, 0.6) is 0 Å². The highest BCUT2D eigenvalue weighted by Gasteiger charge is 2.14. The van der Waals surface area contributed by atoms with Gasteiger partial charge in [0.05, 0.1) is 28.7 Å². The molecule has 4 nitrogen and oxygen atoms in total. The lowest BCUT2D eigenvalue weighted by Gasteiger charge is -2.06. The van der Waals surface area contributed by atoms with Gasteiger partial charge >= 0.3 is 11.9 Å². The van der Waals surface area contributed by atoms with Gasteiger partial charge in [-0.25, -0.2) is 9.59 Å². The average Bonchev–Trinajstić information content (AvgIpc) is 3.86. The molecule has 7 aromatic rings. The van der Waals surface area contributed by atoms with Crippen molar-refractivity contribution in [3.8, 4) is 22.3 Å². The van der Waals surface area contributed by atoms with Gasteiger partial charge in [-0.1, -0.05) is 88.2 Å². The molecule has 0 N–H and O–H groups in total. The van der Waals surface area contributed by atoms with Gasteiger partial charge in [0.15, 0.2) is 0 Å². The normalized spacial score (nSPS) is 10.9. The first-order chi connectivity index (χ1) is 23.9. The van der Waals surface area contributed by atoms with Crippen molar-refractivity contribution < 1.29 is 19.1 Å².